The molecule has 0 spiro atoms. The second-order valence-corrected chi connectivity index (χ2v) is 2.74. The summed E-state index contributed by atoms with van der Waals surface area (Å²) in [6, 6.07) is -0.0760. The molecule has 60 valence electrons. The molecule has 0 saturated carbocycles. The first-order valence-corrected chi connectivity index (χ1v) is 3.50. The minimum absolute atomic E-state index is 0.0760. The number of hydrogen-bond donors (Lipinski definition) is 1. The van der Waals surface area contributed by atoms with Gasteiger partial charge >= 0.3 is 0 Å². The topological polar surface area (TPSA) is 29.1 Å². The molecule has 0 aliphatic rings. The quantitative estimate of drug-likeness (QED) is 0.643. The number of carbonyl (C=O) groups excluding carboxylic acids is 1. The Kier molecular flexibility index (Phi) is 2.23. The minimum atomic E-state index is -1.92. The van der Waals surface area contributed by atoms with Gasteiger partial charge in [-0.25, -0.2) is 0 Å². The Bertz CT molecular complexity index is 179. The number of amides is 1. The molecule has 0 rings (SSSR count). The molecule has 1 amide bonds. The van der Waals surface area contributed by atoms with Gasteiger partial charge in [-0.1, -0.05) is 13.8 Å². The van der Waals surface area contributed by atoms with Gasteiger partial charge in [-0.15, -0.1) is 0 Å². The first kappa shape index (κ1) is 5.16. The van der Waals surface area contributed by atoms with E-state index in [2.05, 4.69) is 5.32 Å². The van der Waals surface area contributed by atoms with Crippen LogP contribution in [-0.4, -0.2) is 11.9 Å². The normalized spacial score (nSPS) is 21.7. The molecule has 0 aliphatic carbocycles. The monoisotopic (exact) mass is 146 g/mol. The van der Waals surface area contributed by atoms with Crippen molar-refractivity contribution in [3.05, 3.63) is 0 Å². The summed E-state index contributed by atoms with van der Waals surface area (Å²) >= 11 is 0. The first-order chi connectivity index (χ1) is 5.73. The maximum absolute atomic E-state index is 10.6. The summed E-state index contributed by atoms with van der Waals surface area (Å²) in [6.45, 7) is 2.98. The van der Waals surface area contributed by atoms with Crippen LogP contribution >= 0.6 is 0 Å². The van der Waals surface area contributed by atoms with Crippen molar-refractivity contribution in [2.45, 2.75) is 40.1 Å². The molecule has 0 aromatic rings. The summed E-state index contributed by atoms with van der Waals surface area (Å²) in [4.78, 5) is 10.6. The highest BCUT2D eigenvalue weighted by Gasteiger charge is 2.04. The van der Waals surface area contributed by atoms with Crippen LogP contribution in [0, 0.1) is 5.92 Å². The summed E-state index contributed by atoms with van der Waals surface area (Å²) in [5, 5.41) is 2.66. The van der Waals surface area contributed by atoms with Gasteiger partial charge in [0.25, 0.3) is 0 Å². The molecule has 1 unspecified atom stereocenters. The molecular weight excluding hydrogens is 126 g/mol. The minimum Gasteiger partial charge on any atom is -0.354 e. The van der Waals surface area contributed by atoms with Gasteiger partial charge in [-0.2, -0.15) is 0 Å². The van der Waals surface area contributed by atoms with Gasteiger partial charge in [0.15, 0.2) is 0 Å². The van der Waals surface area contributed by atoms with E-state index in [1.807, 2.05) is 6.92 Å². The summed E-state index contributed by atoms with van der Waals surface area (Å²) in [5.41, 5.74) is 0. The fourth-order valence-corrected chi connectivity index (χ4v) is 0.936. The lowest BCUT2D eigenvalue weighted by atomic mass is 10.1. The lowest BCUT2D eigenvalue weighted by Crippen LogP contribution is -2.31. The van der Waals surface area contributed by atoms with Crippen LogP contribution in [0.1, 0.15) is 38.2 Å². The third kappa shape index (κ3) is 5.60. The SMILES string of the molecule is [2H]C([2H])([2H])C(C)C[C@@H](C)NC(C)=O. The molecule has 0 heterocycles. The van der Waals surface area contributed by atoms with E-state index in [4.69, 9.17) is 4.11 Å². The van der Waals surface area contributed by atoms with E-state index in [0.717, 1.165) is 0 Å². The largest absolute Gasteiger partial charge is 0.354 e. The first-order valence-electron chi connectivity index (χ1n) is 5.00. The molecule has 0 radical (unpaired) electrons. The van der Waals surface area contributed by atoms with Crippen LogP contribution in [0.2, 0.25) is 0 Å². The fourth-order valence-electron chi connectivity index (χ4n) is 0.936. The standard InChI is InChI=1S/C8H17NO/c1-6(2)5-7(3)9-8(4)10/h6-7H,5H2,1-4H3,(H,9,10)/t7-/m1/s1/i1D3/t6?,7-. The summed E-state index contributed by atoms with van der Waals surface area (Å²) in [5.74, 6) is -0.500. The van der Waals surface area contributed by atoms with Gasteiger partial charge in [-0.3, -0.25) is 4.79 Å². The Balaban J connectivity index is 3.92. The van der Waals surface area contributed by atoms with Crippen LogP contribution in [0.3, 0.4) is 0 Å². The van der Waals surface area contributed by atoms with Crippen molar-refractivity contribution in [1.29, 1.82) is 0 Å². The Morgan fingerprint density at radius 2 is 2.30 bits per heavy atom. The molecule has 2 heteroatoms. The maximum Gasteiger partial charge on any atom is 0.217 e. The van der Waals surface area contributed by atoms with Crippen LogP contribution in [0.15, 0.2) is 0 Å². The van der Waals surface area contributed by atoms with E-state index in [9.17, 15) is 4.79 Å². The molecule has 2 nitrogen and oxygen atoms in total. The molecule has 0 aliphatic heterocycles. The van der Waals surface area contributed by atoms with E-state index in [1.54, 1.807) is 6.92 Å². The summed E-state index contributed by atoms with van der Waals surface area (Å²) in [6.07, 6.45) is 0.482. The molecule has 2 atom stereocenters. The highest BCUT2D eigenvalue weighted by Crippen LogP contribution is 2.02. The van der Waals surface area contributed by atoms with Crippen molar-refractivity contribution in [1.82, 2.24) is 5.32 Å². The molecule has 0 aromatic carbocycles. The van der Waals surface area contributed by atoms with Gasteiger partial charge in [0.05, 0.1) is 0 Å². The molecular formula is C8H17NO. The second kappa shape index (κ2) is 4.31. The van der Waals surface area contributed by atoms with Crippen LogP contribution < -0.4 is 5.32 Å². The Hall–Kier alpha value is -0.530. The predicted octanol–water partition coefficient (Wildman–Crippen LogP) is 1.56. The average Bonchev–Trinajstić information content (AvgIpc) is 1.82. The Morgan fingerprint density at radius 1 is 1.70 bits per heavy atom. The Labute approximate surface area is 67.2 Å². The number of carbonyl (C=O) groups is 1. The van der Waals surface area contributed by atoms with Gasteiger partial charge in [-0.05, 0) is 19.3 Å². The van der Waals surface area contributed by atoms with Crippen molar-refractivity contribution < 1.29 is 8.91 Å². The molecule has 1 N–H and O–H groups in total. The third-order valence-electron chi connectivity index (χ3n) is 1.16. The maximum atomic E-state index is 10.6. The molecule has 0 bridgehead atoms. The van der Waals surface area contributed by atoms with Gasteiger partial charge in [0, 0.05) is 17.1 Å². The molecule has 10 heavy (non-hydrogen) atoms. The van der Waals surface area contributed by atoms with Crippen LogP contribution in [0.4, 0.5) is 0 Å². The van der Waals surface area contributed by atoms with Crippen molar-refractivity contribution in [2.75, 3.05) is 0 Å². The lowest BCUT2D eigenvalue weighted by Gasteiger charge is -2.13. The molecule has 0 fully saturated rings. The van der Waals surface area contributed by atoms with E-state index < -0.39 is 6.85 Å². The van der Waals surface area contributed by atoms with Gasteiger partial charge in [0.2, 0.25) is 5.91 Å². The van der Waals surface area contributed by atoms with Crippen LogP contribution in [0.25, 0.3) is 0 Å². The van der Waals surface area contributed by atoms with Gasteiger partial charge in [0.1, 0.15) is 0 Å². The number of nitrogens with one attached hydrogen (secondary N) is 1. The lowest BCUT2D eigenvalue weighted by molar-refractivity contribution is -0.119. The zero-order valence-electron chi connectivity index (χ0n) is 9.77. The highest BCUT2D eigenvalue weighted by atomic mass is 16.1. The number of rotatable bonds is 3. The van der Waals surface area contributed by atoms with Crippen LogP contribution in [-0.2, 0) is 4.79 Å². The van der Waals surface area contributed by atoms with Gasteiger partial charge < -0.3 is 5.32 Å². The average molecular weight is 146 g/mol. The predicted molar refractivity (Wildman–Crippen MR) is 42.7 cm³/mol. The van der Waals surface area contributed by atoms with Crippen molar-refractivity contribution in [3.8, 4) is 0 Å². The zero-order chi connectivity index (χ0) is 10.6. The number of hydrogen-bond acceptors (Lipinski definition) is 1. The zero-order valence-corrected chi connectivity index (χ0v) is 6.77. The van der Waals surface area contributed by atoms with Crippen molar-refractivity contribution in [3.63, 3.8) is 0 Å². The van der Waals surface area contributed by atoms with E-state index in [1.165, 1.54) is 6.92 Å². The highest BCUT2D eigenvalue weighted by molar-refractivity contribution is 5.73. The summed E-state index contributed by atoms with van der Waals surface area (Å²) in [7, 11) is 0. The summed E-state index contributed by atoms with van der Waals surface area (Å²) < 4.78 is 21.4. The van der Waals surface area contributed by atoms with Crippen LogP contribution in [0.5, 0.6) is 0 Å². The Morgan fingerprint density at radius 3 is 2.70 bits per heavy atom. The second-order valence-electron chi connectivity index (χ2n) is 2.74. The smallest absolute Gasteiger partial charge is 0.217 e. The molecule has 0 aromatic heterocycles. The third-order valence-corrected chi connectivity index (χ3v) is 1.16. The van der Waals surface area contributed by atoms with E-state index in [-0.39, 0.29) is 17.9 Å². The van der Waals surface area contributed by atoms with Crippen molar-refractivity contribution >= 4 is 5.91 Å². The van der Waals surface area contributed by atoms with E-state index >= 15 is 0 Å². The van der Waals surface area contributed by atoms with Crippen molar-refractivity contribution in [2.24, 2.45) is 5.92 Å². The fraction of sp³-hybridized carbons (Fsp3) is 0.875. The molecule has 0 saturated heterocycles. The van der Waals surface area contributed by atoms with E-state index in [0.29, 0.717) is 6.42 Å².